The smallest absolute Gasteiger partial charge is 0.137 e. The molecule has 0 spiro atoms. The third kappa shape index (κ3) is 1.62. The minimum atomic E-state index is 0.471. The van der Waals surface area contributed by atoms with E-state index in [0.717, 1.165) is 11.3 Å². The van der Waals surface area contributed by atoms with Crippen LogP contribution in [-0.4, -0.2) is 9.38 Å². The average Bonchev–Trinajstić information content (AvgIpc) is 2.58. The molecule has 74 valence electrons. The van der Waals surface area contributed by atoms with Gasteiger partial charge in [-0.2, -0.15) is 0 Å². The normalized spacial score (nSPS) is 11.4. The molecule has 0 unspecified atom stereocenters. The van der Waals surface area contributed by atoms with Crippen LogP contribution in [0.15, 0.2) is 24.5 Å². The molecule has 0 aliphatic rings. The second-order valence-corrected chi connectivity index (χ2v) is 4.02. The number of hydrogen-bond donors (Lipinski definition) is 0. The van der Waals surface area contributed by atoms with Crippen LogP contribution in [-0.2, 0) is 5.88 Å². The van der Waals surface area contributed by atoms with Gasteiger partial charge < -0.3 is 4.40 Å². The van der Waals surface area contributed by atoms with Crippen molar-refractivity contribution in [2.45, 2.75) is 25.6 Å². The van der Waals surface area contributed by atoms with Crippen LogP contribution in [0.2, 0.25) is 0 Å². The number of halogens is 1. The summed E-state index contributed by atoms with van der Waals surface area (Å²) in [7, 11) is 0. The Balaban J connectivity index is 2.54. The molecule has 0 amide bonds. The summed E-state index contributed by atoms with van der Waals surface area (Å²) in [6, 6.07) is 4.15. The van der Waals surface area contributed by atoms with E-state index in [0.29, 0.717) is 11.8 Å². The second kappa shape index (κ2) is 3.62. The van der Waals surface area contributed by atoms with Gasteiger partial charge in [0.1, 0.15) is 5.65 Å². The van der Waals surface area contributed by atoms with E-state index in [1.807, 2.05) is 16.7 Å². The number of nitrogens with zero attached hydrogens (tertiary/aromatic N) is 2. The molecule has 0 radical (unpaired) electrons. The van der Waals surface area contributed by atoms with Crippen LogP contribution in [0.25, 0.3) is 5.65 Å². The lowest BCUT2D eigenvalue weighted by atomic mass is 10.1. The van der Waals surface area contributed by atoms with Crippen molar-refractivity contribution in [2.75, 3.05) is 0 Å². The lowest BCUT2D eigenvalue weighted by Crippen LogP contribution is -1.91. The predicted molar refractivity (Wildman–Crippen MR) is 58.8 cm³/mol. The number of alkyl halides is 1. The van der Waals surface area contributed by atoms with Gasteiger partial charge in [0.05, 0.1) is 11.6 Å². The van der Waals surface area contributed by atoms with Crippen LogP contribution in [0.1, 0.15) is 31.0 Å². The van der Waals surface area contributed by atoms with Crippen LogP contribution in [0, 0.1) is 0 Å². The van der Waals surface area contributed by atoms with Gasteiger partial charge in [-0.05, 0) is 17.5 Å². The Kier molecular flexibility index (Phi) is 2.46. The third-order valence-electron chi connectivity index (χ3n) is 2.33. The Morgan fingerprint density at radius 2 is 2.14 bits per heavy atom. The van der Waals surface area contributed by atoms with Crippen LogP contribution in [0.5, 0.6) is 0 Å². The molecule has 0 atom stereocenters. The highest BCUT2D eigenvalue weighted by molar-refractivity contribution is 6.16. The van der Waals surface area contributed by atoms with Gasteiger partial charge in [0.25, 0.3) is 0 Å². The molecule has 2 aromatic heterocycles. The second-order valence-electron chi connectivity index (χ2n) is 3.75. The zero-order chi connectivity index (χ0) is 10.1. The van der Waals surface area contributed by atoms with Crippen LogP contribution < -0.4 is 0 Å². The van der Waals surface area contributed by atoms with Gasteiger partial charge in [-0.3, -0.25) is 0 Å². The number of imidazole rings is 1. The maximum absolute atomic E-state index is 5.72. The average molecular weight is 209 g/mol. The van der Waals surface area contributed by atoms with E-state index in [2.05, 4.69) is 31.1 Å². The molecular formula is C11H13ClN2. The zero-order valence-corrected chi connectivity index (χ0v) is 9.12. The Labute approximate surface area is 88.5 Å². The van der Waals surface area contributed by atoms with Crippen LogP contribution in [0.4, 0.5) is 0 Å². The van der Waals surface area contributed by atoms with Gasteiger partial charge in [0.15, 0.2) is 0 Å². The summed E-state index contributed by atoms with van der Waals surface area (Å²) < 4.78 is 2.03. The van der Waals surface area contributed by atoms with Crippen molar-refractivity contribution in [3.63, 3.8) is 0 Å². The van der Waals surface area contributed by atoms with Crippen molar-refractivity contribution in [3.8, 4) is 0 Å². The van der Waals surface area contributed by atoms with Crippen LogP contribution in [0.3, 0.4) is 0 Å². The van der Waals surface area contributed by atoms with E-state index in [-0.39, 0.29) is 0 Å². The van der Waals surface area contributed by atoms with Gasteiger partial charge in [0.2, 0.25) is 0 Å². The highest BCUT2D eigenvalue weighted by Gasteiger charge is 2.03. The summed E-state index contributed by atoms with van der Waals surface area (Å²) in [6.45, 7) is 4.36. The van der Waals surface area contributed by atoms with Gasteiger partial charge >= 0.3 is 0 Å². The molecular weight excluding hydrogens is 196 g/mol. The standard InChI is InChI=1S/C11H13ClN2/c1-8(2)9-3-4-11-13-10(5-12)7-14(11)6-9/h3-4,6-8H,5H2,1-2H3. The van der Waals surface area contributed by atoms with Crippen molar-refractivity contribution in [3.05, 3.63) is 35.8 Å². The molecule has 0 saturated heterocycles. The summed E-state index contributed by atoms with van der Waals surface area (Å²) in [4.78, 5) is 4.36. The molecule has 2 heterocycles. The maximum atomic E-state index is 5.72. The molecule has 3 heteroatoms. The van der Waals surface area contributed by atoms with E-state index >= 15 is 0 Å². The number of hydrogen-bond acceptors (Lipinski definition) is 1. The predicted octanol–water partition coefficient (Wildman–Crippen LogP) is 3.20. The molecule has 0 aromatic carbocycles. The summed E-state index contributed by atoms with van der Waals surface area (Å²) in [5, 5.41) is 0. The summed E-state index contributed by atoms with van der Waals surface area (Å²) >= 11 is 5.72. The highest BCUT2D eigenvalue weighted by Crippen LogP contribution is 2.16. The molecule has 0 saturated carbocycles. The van der Waals surface area contributed by atoms with E-state index in [4.69, 9.17) is 11.6 Å². The number of fused-ring (bicyclic) bond motifs is 1. The molecule has 0 aliphatic carbocycles. The van der Waals surface area contributed by atoms with Gasteiger partial charge in [-0.1, -0.05) is 19.9 Å². The van der Waals surface area contributed by atoms with E-state index in [1.54, 1.807) is 0 Å². The number of aromatic nitrogens is 2. The van der Waals surface area contributed by atoms with Crippen molar-refractivity contribution >= 4 is 17.2 Å². The van der Waals surface area contributed by atoms with Crippen molar-refractivity contribution in [1.29, 1.82) is 0 Å². The van der Waals surface area contributed by atoms with Gasteiger partial charge in [-0.25, -0.2) is 4.98 Å². The zero-order valence-electron chi connectivity index (χ0n) is 8.37. The Morgan fingerprint density at radius 3 is 2.79 bits per heavy atom. The SMILES string of the molecule is CC(C)c1ccc2nc(CCl)cn2c1. The molecule has 2 nitrogen and oxygen atoms in total. The summed E-state index contributed by atoms with van der Waals surface area (Å²) in [5.74, 6) is 1.01. The maximum Gasteiger partial charge on any atom is 0.137 e. The Morgan fingerprint density at radius 1 is 1.36 bits per heavy atom. The molecule has 0 N–H and O–H groups in total. The first-order valence-corrected chi connectivity index (χ1v) is 5.27. The topological polar surface area (TPSA) is 17.3 Å². The summed E-state index contributed by atoms with van der Waals surface area (Å²) in [5.41, 5.74) is 3.20. The third-order valence-corrected chi connectivity index (χ3v) is 2.60. The fraction of sp³-hybridized carbons (Fsp3) is 0.364. The van der Waals surface area contributed by atoms with E-state index in [1.165, 1.54) is 5.56 Å². The van der Waals surface area contributed by atoms with Crippen molar-refractivity contribution in [1.82, 2.24) is 9.38 Å². The van der Waals surface area contributed by atoms with E-state index in [9.17, 15) is 0 Å². The molecule has 0 aliphatic heterocycles. The molecule has 0 bridgehead atoms. The first-order chi connectivity index (χ1) is 6.70. The lowest BCUT2D eigenvalue weighted by Gasteiger charge is -2.04. The van der Waals surface area contributed by atoms with Crippen LogP contribution >= 0.6 is 11.6 Å². The summed E-state index contributed by atoms with van der Waals surface area (Å²) in [6.07, 6.45) is 4.09. The Hall–Kier alpha value is -1.02. The van der Waals surface area contributed by atoms with Gasteiger partial charge in [-0.15, -0.1) is 11.6 Å². The van der Waals surface area contributed by atoms with Gasteiger partial charge in [0, 0.05) is 12.4 Å². The Bertz CT molecular complexity index is 445. The molecule has 2 aromatic rings. The molecule has 14 heavy (non-hydrogen) atoms. The number of rotatable bonds is 2. The monoisotopic (exact) mass is 208 g/mol. The molecule has 2 rings (SSSR count). The fourth-order valence-corrected chi connectivity index (χ4v) is 1.60. The fourth-order valence-electron chi connectivity index (χ4n) is 1.47. The van der Waals surface area contributed by atoms with Crippen molar-refractivity contribution < 1.29 is 0 Å². The van der Waals surface area contributed by atoms with E-state index < -0.39 is 0 Å². The first kappa shape index (κ1) is 9.53. The first-order valence-electron chi connectivity index (χ1n) is 4.74. The minimum Gasteiger partial charge on any atom is -0.306 e. The van der Waals surface area contributed by atoms with Crippen molar-refractivity contribution in [2.24, 2.45) is 0 Å². The highest BCUT2D eigenvalue weighted by atomic mass is 35.5. The largest absolute Gasteiger partial charge is 0.306 e. The lowest BCUT2D eigenvalue weighted by molar-refractivity contribution is 0.853. The number of pyridine rings is 1. The molecule has 0 fully saturated rings. The quantitative estimate of drug-likeness (QED) is 0.693. The minimum absolute atomic E-state index is 0.471.